The van der Waals surface area contributed by atoms with Crippen molar-refractivity contribution >= 4 is 21.7 Å². The van der Waals surface area contributed by atoms with E-state index in [-0.39, 0.29) is 11.3 Å². The van der Waals surface area contributed by atoms with Crippen LogP contribution in [0.3, 0.4) is 0 Å². The molecule has 0 aliphatic heterocycles. The van der Waals surface area contributed by atoms with E-state index in [9.17, 15) is 35.2 Å². The molecule has 0 heterocycles. The van der Waals surface area contributed by atoms with Crippen molar-refractivity contribution in [1.29, 1.82) is 0 Å². The standard InChI is InChI=1S/C15H10F5NO4S/c1-26(23,24)21-8-4-2-7(3-5-8)6-9(22)25-15-13(19)11(17)10(16)12(18)14(15)20/h2-5,21H,6H2,1H3. The van der Waals surface area contributed by atoms with Crippen molar-refractivity contribution in [3.8, 4) is 5.75 Å². The molecule has 2 rings (SSSR count). The van der Waals surface area contributed by atoms with E-state index in [1.54, 1.807) is 0 Å². The second-order valence-electron chi connectivity index (χ2n) is 5.12. The lowest BCUT2D eigenvalue weighted by molar-refractivity contribution is -0.134. The molecule has 0 saturated carbocycles. The second-order valence-corrected chi connectivity index (χ2v) is 6.87. The lowest BCUT2D eigenvalue weighted by Crippen LogP contribution is -2.15. The molecule has 0 saturated heterocycles. The number of ether oxygens (including phenoxy) is 1. The van der Waals surface area contributed by atoms with E-state index >= 15 is 0 Å². The van der Waals surface area contributed by atoms with Crippen LogP contribution in [0.2, 0.25) is 0 Å². The quantitative estimate of drug-likeness (QED) is 0.278. The molecular formula is C15H10F5NO4S. The number of benzene rings is 2. The zero-order valence-electron chi connectivity index (χ0n) is 12.9. The smallest absolute Gasteiger partial charge is 0.315 e. The first-order chi connectivity index (χ1) is 12.0. The van der Waals surface area contributed by atoms with E-state index in [1.807, 2.05) is 0 Å². The van der Waals surface area contributed by atoms with Crippen molar-refractivity contribution in [2.24, 2.45) is 0 Å². The largest absolute Gasteiger partial charge is 0.420 e. The van der Waals surface area contributed by atoms with Gasteiger partial charge in [0.25, 0.3) is 0 Å². The molecule has 5 nitrogen and oxygen atoms in total. The summed E-state index contributed by atoms with van der Waals surface area (Å²) in [6.45, 7) is 0. The van der Waals surface area contributed by atoms with Crippen LogP contribution >= 0.6 is 0 Å². The summed E-state index contributed by atoms with van der Waals surface area (Å²) >= 11 is 0. The van der Waals surface area contributed by atoms with Gasteiger partial charge in [-0.05, 0) is 17.7 Å². The number of halogens is 5. The van der Waals surface area contributed by atoms with Gasteiger partial charge in [0.1, 0.15) is 0 Å². The molecule has 26 heavy (non-hydrogen) atoms. The van der Waals surface area contributed by atoms with E-state index in [0.29, 0.717) is 0 Å². The highest BCUT2D eigenvalue weighted by Crippen LogP contribution is 2.29. The van der Waals surface area contributed by atoms with Crippen LogP contribution in [0.25, 0.3) is 0 Å². The molecule has 0 bridgehead atoms. The normalized spacial score (nSPS) is 11.3. The molecule has 0 aliphatic rings. The van der Waals surface area contributed by atoms with Crippen molar-refractivity contribution in [2.45, 2.75) is 6.42 Å². The van der Waals surface area contributed by atoms with Crippen molar-refractivity contribution in [2.75, 3.05) is 11.0 Å². The second kappa shape index (κ2) is 7.28. The van der Waals surface area contributed by atoms with Crippen LogP contribution in [0.1, 0.15) is 5.56 Å². The van der Waals surface area contributed by atoms with Crippen LogP contribution in [-0.4, -0.2) is 20.6 Å². The molecule has 0 aliphatic carbocycles. The summed E-state index contributed by atoms with van der Waals surface area (Å²) in [6, 6.07) is 5.24. The minimum atomic E-state index is -3.50. The van der Waals surface area contributed by atoms with Gasteiger partial charge in [0, 0.05) is 5.69 Å². The summed E-state index contributed by atoms with van der Waals surface area (Å²) in [5.41, 5.74) is 0.447. The molecule has 0 fully saturated rings. The summed E-state index contributed by atoms with van der Waals surface area (Å²) in [4.78, 5) is 11.7. The number of carbonyl (C=O) groups is 1. The summed E-state index contributed by atoms with van der Waals surface area (Å²) in [5, 5.41) is 0. The Morgan fingerprint density at radius 3 is 1.85 bits per heavy atom. The van der Waals surface area contributed by atoms with Crippen LogP contribution in [0.5, 0.6) is 5.75 Å². The van der Waals surface area contributed by atoms with E-state index < -0.39 is 57.2 Å². The lowest BCUT2D eigenvalue weighted by Gasteiger charge is -2.09. The fourth-order valence-corrected chi connectivity index (χ4v) is 2.46. The van der Waals surface area contributed by atoms with Crippen LogP contribution in [-0.2, 0) is 21.2 Å². The first-order valence-corrected chi connectivity index (χ1v) is 8.67. The molecule has 0 amide bonds. The highest BCUT2D eigenvalue weighted by molar-refractivity contribution is 7.92. The molecule has 2 aromatic carbocycles. The van der Waals surface area contributed by atoms with Crippen LogP contribution in [0.4, 0.5) is 27.6 Å². The Kier molecular flexibility index (Phi) is 5.50. The van der Waals surface area contributed by atoms with Gasteiger partial charge < -0.3 is 4.74 Å². The number of esters is 1. The predicted molar refractivity (Wildman–Crippen MR) is 80.5 cm³/mol. The maximum atomic E-state index is 13.4. The summed E-state index contributed by atoms with van der Waals surface area (Å²) in [5.74, 6) is -14.3. The van der Waals surface area contributed by atoms with Gasteiger partial charge in [-0.2, -0.15) is 8.78 Å². The number of carbonyl (C=O) groups excluding carboxylic acids is 1. The first-order valence-electron chi connectivity index (χ1n) is 6.78. The molecule has 0 atom stereocenters. The Labute approximate surface area is 144 Å². The zero-order chi connectivity index (χ0) is 19.6. The third kappa shape index (κ3) is 4.48. The van der Waals surface area contributed by atoms with Gasteiger partial charge in [-0.15, -0.1) is 0 Å². The van der Waals surface area contributed by atoms with E-state index in [1.165, 1.54) is 24.3 Å². The van der Waals surface area contributed by atoms with Gasteiger partial charge in [0.2, 0.25) is 44.9 Å². The van der Waals surface area contributed by atoms with Crippen molar-refractivity contribution < 1.29 is 39.9 Å². The Morgan fingerprint density at radius 2 is 1.38 bits per heavy atom. The van der Waals surface area contributed by atoms with Gasteiger partial charge >= 0.3 is 5.97 Å². The topological polar surface area (TPSA) is 72.5 Å². The number of anilines is 1. The highest BCUT2D eigenvalue weighted by atomic mass is 32.2. The van der Waals surface area contributed by atoms with E-state index in [0.717, 1.165) is 6.26 Å². The van der Waals surface area contributed by atoms with Gasteiger partial charge in [-0.1, -0.05) is 12.1 Å². The molecule has 0 aromatic heterocycles. The monoisotopic (exact) mass is 395 g/mol. The average molecular weight is 395 g/mol. The number of hydrogen-bond acceptors (Lipinski definition) is 4. The number of sulfonamides is 1. The maximum absolute atomic E-state index is 13.4. The molecule has 11 heteroatoms. The Bertz CT molecular complexity index is 932. The Morgan fingerprint density at radius 1 is 0.923 bits per heavy atom. The number of hydrogen-bond donors (Lipinski definition) is 1. The maximum Gasteiger partial charge on any atom is 0.315 e. The highest BCUT2D eigenvalue weighted by Gasteiger charge is 2.28. The number of rotatable bonds is 5. The predicted octanol–water partition coefficient (Wildman–Crippen LogP) is 2.90. The summed E-state index contributed by atoms with van der Waals surface area (Å²) < 4.78 is 94.5. The van der Waals surface area contributed by atoms with Crippen molar-refractivity contribution in [3.05, 3.63) is 58.9 Å². The molecule has 1 N–H and O–H groups in total. The van der Waals surface area contributed by atoms with Crippen molar-refractivity contribution in [1.82, 2.24) is 0 Å². The van der Waals surface area contributed by atoms with Crippen LogP contribution in [0, 0.1) is 29.1 Å². The minimum absolute atomic E-state index is 0.199. The molecule has 0 unspecified atom stereocenters. The van der Waals surface area contributed by atoms with E-state index in [2.05, 4.69) is 9.46 Å². The van der Waals surface area contributed by atoms with Gasteiger partial charge in [-0.25, -0.2) is 21.6 Å². The van der Waals surface area contributed by atoms with Gasteiger partial charge in [-0.3, -0.25) is 9.52 Å². The SMILES string of the molecule is CS(=O)(=O)Nc1ccc(CC(=O)Oc2c(F)c(F)c(F)c(F)c2F)cc1. The third-order valence-electron chi connectivity index (χ3n) is 2.99. The lowest BCUT2D eigenvalue weighted by atomic mass is 10.1. The summed E-state index contributed by atoms with van der Waals surface area (Å²) in [6.07, 6.45) is 0.376. The van der Waals surface area contributed by atoms with Gasteiger partial charge in [0.05, 0.1) is 12.7 Å². The summed E-state index contributed by atoms with van der Waals surface area (Å²) in [7, 11) is -3.50. The van der Waals surface area contributed by atoms with E-state index in [4.69, 9.17) is 0 Å². The molecule has 0 spiro atoms. The zero-order valence-corrected chi connectivity index (χ0v) is 13.8. The fraction of sp³-hybridized carbons (Fsp3) is 0.133. The third-order valence-corrected chi connectivity index (χ3v) is 3.60. The van der Waals surface area contributed by atoms with Gasteiger partial charge in [0.15, 0.2) is 0 Å². The first kappa shape index (κ1) is 19.6. The van der Waals surface area contributed by atoms with Crippen LogP contribution in [0.15, 0.2) is 24.3 Å². The fourth-order valence-electron chi connectivity index (χ4n) is 1.90. The molecule has 140 valence electrons. The molecule has 0 radical (unpaired) electrons. The molecular weight excluding hydrogens is 385 g/mol. The van der Waals surface area contributed by atoms with Crippen molar-refractivity contribution in [3.63, 3.8) is 0 Å². The Hall–Kier alpha value is -2.69. The molecule has 2 aromatic rings. The minimum Gasteiger partial charge on any atom is -0.420 e. The van der Waals surface area contributed by atoms with Crippen LogP contribution < -0.4 is 9.46 Å². The Balaban J connectivity index is 2.15. The average Bonchev–Trinajstić information content (AvgIpc) is 2.55. The number of nitrogens with one attached hydrogen (secondary N) is 1.